The van der Waals surface area contributed by atoms with Crippen molar-refractivity contribution in [2.75, 3.05) is 6.61 Å². The zero-order valence-corrected chi connectivity index (χ0v) is 14.3. The van der Waals surface area contributed by atoms with Crippen LogP contribution in [0, 0.1) is 5.92 Å². The van der Waals surface area contributed by atoms with Crippen LogP contribution in [0.2, 0.25) is 0 Å². The molecule has 1 aliphatic rings. The van der Waals surface area contributed by atoms with Crippen molar-refractivity contribution in [3.05, 3.63) is 27.7 Å². The highest BCUT2D eigenvalue weighted by atomic mass is 16.3. The van der Waals surface area contributed by atoms with Crippen molar-refractivity contribution >= 4 is 16.9 Å². The molecule has 0 aliphatic heterocycles. The maximum absolute atomic E-state index is 12.8. The number of hydrogen-bond acceptors (Lipinski definition) is 4. The Labute approximate surface area is 140 Å². The molecule has 0 radical (unpaired) electrons. The molecule has 1 amide bonds. The van der Waals surface area contributed by atoms with Gasteiger partial charge in [-0.3, -0.25) is 19.4 Å². The number of aromatic nitrogens is 3. The summed E-state index contributed by atoms with van der Waals surface area (Å²) in [6.45, 7) is 4.00. The number of H-pyrrole nitrogens is 1. The van der Waals surface area contributed by atoms with E-state index >= 15 is 0 Å². The van der Waals surface area contributed by atoms with Gasteiger partial charge in [0, 0.05) is 31.3 Å². The van der Waals surface area contributed by atoms with E-state index in [1.165, 1.54) is 0 Å². The van der Waals surface area contributed by atoms with Gasteiger partial charge in [0.1, 0.15) is 0 Å². The third kappa shape index (κ3) is 3.08. The van der Waals surface area contributed by atoms with E-state index in [0.717, 1.165) is 18.5 Å². The van der Waals surface area contributed by atoms with Gasteiger partial charge in [0.05, 0.1) is 10.9 Å². The van der Waals surface area contributed by atoms with Crippen molar-refractivity contribution in [2.24, 2.45) is 13.0 Å². The third-order valence-electron chi connectivity index (χ3n) is 4.64. The van der Waals surface area contributed by atoms with Gasteiger partial charge in [-0.25, -0.2) is 4.98 Å². The predicted molar refractivity (Wildman–Crippen MR) is 91.1 cm³/mol. The molecule has 0 saturated heterocycles. The third-order valence-corrected chi connectivity index (χ3v) is 4.64. The minimum atomic E-state index is -0.309. The van der Waals surface area contributed by atoms with Crippen LogP contribution in [0.25, 0.3) is 11.0 Å². The fourth-order valence-corrected chi connectivity index (χ4v) is 3.00. The van der Waals surface area contributed by atoms with E-state index in [9.17, 15) is 14.7 Å². The predicted octanol–water partition coefficient (Wildman–Crippen LogP) is 1.28. The topological polar surface area (TPSA) is 100 Å². The molecule has 2 heterocycles. The molecule has 2 aromatic heterocycles. The van der Waals surface area contributed by atoms with Crippen LogP contribution >= 0.6 is 0 Å². The number of aliphatic hydroxyl groups is 1. The number of carbonyl (C=O) groups excluding carboxylic acids is 1. The molecule has 0 aromatic carbocycles. The first kappa shape index (κ1) is 16.7. The normalized spacial score (nSPS) is 15.9. The summed E-state index contributed by atoms with van der Waals surface area (Å²) in [7, 11) is 1.72. The van der Waals surface area contributed by atoms with Crippen LogP contribution in [0.5, 0.6) is 0 Å². The van der Waals surface area contributed by atoms with E-state index in [1.54, 1.807) is 17.8 Å². The van der Waals surface area contributed by atoms with Crippen LogP contribution in [0.1, 0.15) is 55.1 Å². The number of amides is 1. The van der Waals surface area contributed by atoms with Crippen molar-refractivity contribution in [1.82, 2.24) is 20.1 Å². The Morgan fingerprint density at radius 1 is 1.50 bits per heavy atom. The highest BCUT2D eigenvalue weighted by molar-refractivity contribution is 6.05. The van der Waals surface area contributed by atoms with Crippen molar-refractivity contribution in [3.63, 3.8) is 0 Å². The fourth-order valence-electron chi connectivity index (χ4n) is 3.00. The largest absolute Gasteiger partial charge is 0.396 e. The Bertz CT molecular complexity index is 817. The van der Waals surface area contributed by atoms with Gasteiger partial charge in [0.2, 0.25) is 0 Å². The summed E-state index contributed by atoms with van der Waals surface area (Å²) in [6, 6.07) is 1.61. The lowest BCUT2D eigenvalue weighted by molar-refractivity contribution is 0.0918. The number of nitrogens with zero attached hydrogens (tertiary/aromatic N) is 2. The fraction of sp³-hybridized carbons (Fsp3) is 0.588. The Hall–Kier alpha value is -2.15. The average Bonchev–Trinajstić information content (AvgIpc) is 3.33. The number of rotatable bonds is 6. The number of fused-ring (bicyclic) bond motifs is 1. The van der Waals surface area contributed by atoms with Crippen molar-refractivity contribution in [3.8, 4) is 0 Å². The molecule has 1 saturated carbocycles. The molecule has 7 heteroatoms. The first-order valence-electron chi connectivity index (χ1n) is 8.43. The molecule has 3 N–H and O–H groups in total. The molecule has 2 aromatic rings. The van der Waals surface area contributed by atoms with Crippen LogP contribution in [0.3, 0.4) is 0 Å². The van der Waals surface area contributed by atoms with Crippen LogP contribution in [-0.4, -0.2) is 38.4 Å². The molecular formula is C17H24N4O3. The quantitative estimate of drug-likeness (QED) is 0.742. The van der Waals surface area contributed by atoms with E-state index in [4.69, 9.17) is 0 Å². The summed E-state index contributed by atoms with van der Waals surface area (Å²) in [5, 5.41) is 15.2. The minimum Gasteiger partial charge on any atom is -0.396 e. The van der Waals surface area contributed by atoms with Gasteiger partial charge in [0.15, 0.2) is 5.65 Å². The number of aliphatic hydroxyl groups excluding tert-OH is 1. The second-order valence-electron chi connectivity index (χ2n) is 6.90. The average molecular weight is 332 g/mol. The van der Waals surface area contributed by atoms with Crippen molar-refractivity contribution in [1.29, 1.82) is 0 Å². The van der Waals surface area contributed by atoms with Gasteiger partial charge >= 0.3 is 0 Å². The minimum absolute atomic E-state index is 0.00806. The van der Waals surface area contributed by atoms with Crippen LogP contribution in [0.4, 0.5) is 0 Å². The molecule has 7 nitrogen and oxygen atoms in total. The van der Waals surface area contributed by atoms with Gasteiger partial charge in [-0.05, 0) is 31.2 Å². The van der Waals surface area contributed by atoms with E-state index in [-0.39, 0.29) is 30.0 Å². The Kier molecular flexibility index (Phi) is 4.45. The lowest BCUT2D eigenvalue weighted by Crippen LogP contribution is -2.39. The van der Waals surface area contributed by atoms with Crippen LogP contribution in [-0.2, 0) is 7.05 Å². The summed E-state index contributed by atoms with van der Waals surface area (Å²) in [5.41, 5.74) is 1.44. The summed E-state index contributed by atoms with van der Waals surface area (Å²) >= 11 is 0. The Morgan fingerprint density at radius 3 is 2.79 bits per heavy atom. The zero-order valence-electron chi connectivity index (χ0n) is 14.3. The molecule has 1 aliphatic carbocycles. The lowest BCUT2D eigenvalue weighted by Gasteiger charge is -2.21. The molecule has 130 valence electrons. The molecule has 1 unspecified atom stereocenters. The summed E-state index contributed by atoms with van der Waals surface area (Å²) in [5.74, 6) is 0.285. The standard InChI is InChI=1S/C17H24N4O3/c1-9(2)12(6-7-22)19-16(23)11-8-13(10-4-5-10)18-15-14(11)17(24)20-21(15)3/h8-10,12,22H,4-7H2,1-3H3,(H,19,23)(H,20,24). The number of aryl methyl sites for hydroxylation is 1. The van der Waals surface area contributed by atoms with Crippen LogP contribution in [0.15, 0.2) is 10.9 Å². The van der Waals surface area contributed by atoms with Gasteiger partial charge in [-0.15, -0.1) is 0 Å². The zero-order chi connectivity index (χ0) is 17.4. The van der Waals surface area contributed by atoms with Crippen LogP contribution < -0.4 is 10.9 Å². The maximum Gasteiger partial charge on any atom is 0.274 e. The monoisotopic (exact) mass is 332 g/mol. The lowest BCUT2D eigenvalue weighted by atomic mass is 10.0. The number of carbonyl (C=O) groups is 1. The second kappa shape index (κ2) is 6.39. The summed E-state index contributed by atoms with van der Waals surface area (Å²) < 4.78 is 1.56. The van der Waals surface area contributed by atoms with E-state index < -0.39 is 0 Å². The van der Waals surface area contributed by atoms with E-state index in [2.05, 4.69) is 15.4 Å². The highest BCUT2D eigenvalue weighted by Gasteiger charge is 2.29. The smallest absolute Gasteiger partial charge is 0.274 e. The van der Waals surface area contributed by atoms with E-state index in [0.29, 0.717) is 28.9 Å². The molecule has 24 heavy (non-hydrogen) atoms. The molecule has 0 bridgehead atoms. The number of nitrogens with one attached hydrogen (secondary N) is 2. The first-order valence-corrected chi connectivity index (χ1v) is 8.43. The van der Waals surface area contributed by atoms with Gasteiger partial charge < -0.3 is 10.4 Å². The van der Waals surface area contributed by atoms with Gasteiger partial charge in [-0.1, -0.05) is 13.8 Å². The number of pyridine rings is 1. The Morgan fingerprint density at radius 2 is 2.21 bits per heavy atom. The number of hydrogen-bond donors (Lipinski definition) is 3. The maximum atomic E-state index is 12.8. The van der Waals surface area contributed by atoms with Crippen molar-refractivity contribution < 1.29 is 9.90 Å². The highest BCUT2D eigenvalue weighted by Crippen LogP contribution is 2.39. The molecule has 1 fully saturated rings. The Balaban J connectivity index is 2.03. The summed E-state index contributed by atoms with van der Waals surface area (Å²) in [6.07, 6.45) is 2.62. The molecular weight excluding hydrogens is 308 g/mol. The second-order valence-corrected chi connectivity index (χ2v) is 6.90. The van der Waals surface area contributed by atoms with E-state index in [1.807, 2.05) is 13.8 Å². The SMILES string of the molecule is CC(C)C(CCO)NC(=O)c1cc(C2CC2)nc2c1c(=O)[nH]n2C. The van der Waals surface area contributed by atoms with Gasteiger partial charge in [-0.2, -0.15) is 0 Å². The first-order chi connectivity index (χ1) is 11.4. The molecule has 0 spiro atoms. The molecule has 1 atom stereocenters. The van der Waals surface area contributed by atoms with Crippen molar-refractivity contribution in [2.45, 2.75) is 45.1 Å². The number of aromatic amines is 1. The van der Waals surface area contributed by atoms with Gasteiger partial charge in [0.25, 0.3) is 11.5 Å². The molecule has 3 rings (SSSR count). The summed E-state index contributed by atoms with van der Waals surface area (Å²) in [4.78, 5) is 29.6.